The Hall–Kier alpha value is -6.11. The number of fused-ring (bicyclic) bond motifs is 2. The first-order valence-electron chi connectivity index (χ1n) is 24.2. The lowest BCUT2D eigenvalue weighted by Crippen LogP contribution is -2.39. The van der Waals surface area contributed by atoms with Gasteiger partial charge in [-0.25, -0.2) is 19.7 Å². The molecule has 0 bridgehead atoms. The van der Waals surface area contributed by atoms with Crippen LogP contribution in [0, 0.1) is 0 Å². The van der Waals surface area contributed by atoms with E-state index in [0.717, 1.165) is 44.9 Å². The van der Waals surface area contributed by atoms with Crippen LogP contribution in [0.4, 0.5) is 28.3 Å². The third-order valence-electron chi connectivity index (χ3n) is 12.4. The van der Waals surface area contributed by atoms with E-state index in [2.05, 4.69) is 72.1 Å². The molecule has 67 heavy (non-hydrogen) atoms. The van der Waals surface area contributed by atoms with E-state index in [1.54, 1.807) is 25.3 Å². The molecule has 0 radical (unpaired) electrons. The molecule has 2 aliphatic carbocycles. The van der Waals surface area contributed by atoms with Gasteiger partial charge in [0, 0.05) is 38.4 Å². The Morgan fingerprint density at radius 1 is 0.746 bits per heavy atom. The van der Waals surface area contributed by atoms with Gasteiger partial charge in [0.25, 0.3) is 0 Å². The van der Waals surface area contributed by atoms with Gasteiger partial charge in [0.2, 0.25) is 11.9 Å². The fraction of sp³-hybridized carbons (Fsp3) is 0.604. The minimum atomic E-state index is -1.01. The summed E-state index contributed by atoms with van der Waals surface area (Å²) in [5.74, 6) is 0.548. The fourth-order valence-electron chi connectivity index (χ4n) is 8.91. The average molecular weight is 925 g/mol. The van der Waals surface area contributed by atoms with Crippen molar-refractivity contribution >= 4 is 63.9 Å². The van der Waals surface area contributed by atoms with Crippen LogP contribution in [0.25, 0.3) is 22.3 Å². The number of unbranched alkanes of at least 4 members (excludes halogenated alkanes) is 2. The molecule has 5 aromatic rings. The number of carbonyl (C=O) groups excluding carboxylic acids is 1. The number of carboxylic acid groups (broad SMARTS) is 2. The van der Waals surface area contributed by atoms with Crippen LogP contribution >= 0.6 is 0 Å². The van der Waals surface area contributed by atoms with E-state index in [9.17, 15) is 24.6 Å². The Labute approximate surface area is 391 Å². The van der Waals surface area contributed by atoms with E-state index >= 15 is 0 Å². The molecule has 0 atom stereocenters. The highest BCUT2D eigenvalue weighted by molar-refractivity contribution is 5.90. The first kappa shape index (κ1) is 48.8. The molecule has 1 aliphatic heterocycles. The van der Waals surface area contributed by atoms with Crippen LogP contribution in [0.15, 0.2) is 36.9 Å². The van der Waals surface area contributed by atoms with Gasteiger partial charge in [0.05, 0.1) is 12.7 Å². The molecule has 5 N–H and O–H groups in total. The number of rotatable bonds is 17. The van der Waals surface area contributed by atoms with Crippen LogP contribution in [0.5, 0.6) is 0 Å². The summed E-state index contributed by atoms with van der Waals surface area (Å²) < 4.78 is 14.1. The third-order valence-corrected chi connectivity index (χ3v) is 12.4. The lowest BCUT2D eigenvalue weighted by Gasteiger charge is -2.27. The van der Waals surface area contributed by atoms with Gasteiger partial charge in [-0.1, -0.05) is 82.6 Å². The number of benzene rings is 1. The Morgan fingerprint density at radius 3 is 1.90 bits per heavy atom. The predicted molar refractivity (Wildman–Crippen MR) is 257 cm³/mol. The second-order valence-corrected chi connectivity index (χ2v) is 18.9. The summed E-state index contributed by atoms with van der Waals surface area (Å²) in [6, 6.07) is 9.38. The molecule has 0 unspecified atom stereocenters. The summed E-state index contributed by atoms with van der Waals surface area (Å²) in [6.45, 7) is 9.30. The van der Waals surface area contributed by atoms with Crippen LogP contribution in [0.3, 0.4) is 0 Å². The van der Waals surface area contributed by atoms with Crippen molar-refractivity contribution in [2.24, 2.45) is 0 Å². The lowest BCUT2D eigenvalue weighted by molar-refractivity contribution is -0.138. The second kappa shape index (κ2) is 23.1. The number of nitrogens with one attached hydrogen (secondary N) is 3. The molecule has 3 aliphatic rings. The number of anilines is 4. The predicted octanol–water partition coefficient (Wildman–Crippen LogP) is 8.75. The molecule has 0 spiro atoms. The highest BCUT2D eigenvalue weighted by Gasteiger charge is 2.28. The van der Waals surface area contributed by atoms with E-state index in [0.29, 0.717) is 78.2 Å². The Kier molecular flexibility index (Phi) is 16.8. The minimum Gasteiger partial charge on any atom is -0.480 e. The van der Waals surface area contributed by atoms with Gasteiger partial charge in [-0.05, 0) is 82.8 Å². The van der Waals surface area contributed by atoms with E-state index in [1.165, 1.54) is 84.6 Å². The Morgan fingerprint density at radius 2 is 1.31 bits per heavy atom. The van der Waals surface area contributed by atoms with E-state index in [-0.39, 0.29) is 25.1 Å². The SMILES string of the molecule is CCCCCN(C(=O)OC(C)(C)C)c1nc(NC2CCOCC2)c2ncn(CC(=O)O)c2n1.O=C(O)Cn1cnc2c(NC3CCCCC3)nc(NCc3ccc(C4CCCCC4)cc3)nc21. The second-order valence-electron chi connectivity index (χ2n) is 18.9. The number of amides is 1. The molecule has 5 heterocycles. The molecule has 3 fully saturated rings. The van der Waals surface area contributed by atoms with Crippen molar-refractivity contribution in [1.29, 1.82) is 0 Å². The van der Waals surface area contributed by atoms with Crippen molar-refractivity contribution in [3.05, 3.63) is 48.0 Å². The molecular formula is C48H68N12O7. The number of carbonyl (C=O) groups is 3. The quantitative estimate of drug-likeness (QED) is 0.0548. The number of carboxylic acids is 2. The maximum Gasteiger partial charge on any atom is 0.417 e. The Balaban J connectivity index is 0.000000199. The van der Waals surface area contributed by atoms with E-state index in [1.807, 2.05) is 0 Å². The van der Waals surface area contributed by atoms with Crippen molar-refractivity contribution in [2.45, 2.75) is 167 Å². The zero-order chi connectivity index (χ0) is 47.3. The number of aromatic nitrogens is 8. The van der Waals surface area contributed by atoms with Crippen LogP contribution in [-0.2, 0) is 38.7 Å². The Bertz CT molecular complexity index is 2410. The first-order valence-corrected chi connectivity index (χ1v) is 24.2. The van der Waals surface area contributed by atoms with Crippen LogP contribution < -0.4 is 20.9 Å². The van der Waals surface area contributed by atoms with Gasteiger partial charge in [-0.2, -0.15) is 19.9 Å². The van der Waals surface area contributed by atoms with Gasteiger partial charge in [-0.15, -0.1) is 0 Å². The van der Waals surface area contributed by atoms with Gasteiger partial charge in [0.1, 0.15) is 18.7 Å². The largest absolute Gasteiger partial charge is 0.480 e. The van der Waals surface area contributed by atoms with Crippen molar-refractivity contribution < 1.29 is 34.1 Å². The van der Waals surface area contributed by atoms with Crippen LogP contribution in [0.2, 0.25) is 0 Å². The molecule has 1 amide bonds. The molecule has 1 saturated heterocycles. The van der Waals surface area contributed by atoms with E-state index in [4.69, 9.17) is 14.5 Å². The highest BCUT2D eigenvalue weighted by atomic mass is 16.6. The van der Waals surface area contributed by atoms with Crippen molar-refractivity contribution in [3.8, 4) is 0 Å². The number of aliphatic carboxylic acids is 2. The fourth-order valence-corrected chi connectivity index (χ4v) is 8.91. The van der Waals surface area contributed by atoms with Crippen molar-refractivity contribution in [3.63, 3.8) is 0 Å². The summed E-state index contributed by atoms with van der Waals surface area (Å²) >= 11 is 0. The monoisotopic (exact) mass is 925 g/mol. The van der Waals surface area contributed by atoms with Gasteiger partial charge < -0.3 is 44.8 Å². The number of imidazole rings is 2. The summed E-state index contributed by atoms with van der Waals surface area (Å²) in [6.07, 6.45) is 19.3. The van der Waals surface area contributed by atoms with E-state index < -0.39 is 23.6 Å². The maximum atomic E-state index is 13.1. The molecule has 8 rings (SSSR count). The lowest BCUT2D eigenvalue weighted by atomic mass is 9.84. The molecule has 2 saturated carbocycles. The standard InChI is InChI=1S/C26H34N6O2.C22H34N6O5/c33-22(34)16-32-17-28-23-24(29-21-9-5-2-6-10-21)30-26(31-25(23)32)27-15-18-11-13-20(14-12-18)19-7-3-1-4-8-19;1-5-6-7-10-28(21(31)33-22(2,3)4)20-25-18(24-15-8-11-32-12-9-15)17-19(26-20)27(14-23-17)13-16(29)30/h11-14,17,19,21H,1-10,15-16H2,(H,33,34)(H2,27,29,30,31);14-15H,5-13H2,1-4H3,(H,29,30)(H,24,25,26). The number of hydrogen-bond donors (Lipinski definition) is 5. The molecule has 362 valence electrons. The minimum absolute atomic E-state index is 0.129. The highest BCUT2D eigenvalue weighted by Crippen LogP contribution is 2.33. The summed E-state index contributed by atoms with van der Waals surface area (Å²) in [5.41, 5.74) is 3.89. The molecule has 19 nitrogen and oxygen atoms in total. The number of nitrogens with zero attached hydrogens (tertiary/aromatic N) is 9. The summed E-state index contributed by atoms with van der Waals surface area (Å²) in [7, 11) is 0. The normalized spacial score (nSPS) is 16.3. The zero-order valence-electron chi connectivity index (χ0n) is 39.5. The first-order chi connectivity index (χ1) is 32.3. The summed E-state index contributed by atoms with van der Waals surface area (Å²) in [4.78, 5) is 64.6. The maximum absolute atomic E-state index is 13.1. The third kappa shape index (κ3) is 13.7. The average Bonchev–Trinajstić information content (AvgIpc) is 3.91. The molecule has 19 heteroatoms. The number of ether oxygens (including phenoxy) is 2. The topological polar surface area (TPSA) is 237 Å². The summed E-state index contributed by atoms with van der Waals surface area (Å²) in [5, 5.41) is 28.9. The number of hydrogen-bond acceptors (Lipinski definition) is 14. The molecular weight excluding hydrogens is 857 g/mol. The van der Waals surface area contributed by atoms with Crippen molar-refractivity contribution in [2.75, 3.05) is 40.6 Å². The van der Waals surface area contributed by atoms with Gasteiger partial charge in [0.15, 0.2) is 34.0 Å². The molecule has 1 aromatic carbocycles. The zero-order valence-corrected chi connectivity index (χ0v) is 39.5. The van der Waals surface area contributed by atoms with Crippen molar-refractivity contribution in [1.82, 2.24) is 39.0 Å². The smallest absolute Gasteiger partial charge is 0.417 e. The van der Waals surface area contributed by atoms with Crippen LogP contribution in [-0.4, -0.2) is 105 Å². The molecule has 4 aromatic heterocycles. The van der Waals surface area contributed by atoms with Gasteiger partial charge in [-0.3, -0.25) is 9.59 Å². The van der Waals surface area contributed by atoms with Gasteiger partial charge >= 0.3 is 18.0 Å². The van der Waals surface area contributed by atoms with Crippen LogP contribution in [0.1, 0.15) is 141 Å².